The van der Waals surface area contributed by atoms with Crippen LogP contribution in [-0.4, -0.2) is 37.4 Å². The molecule has 0 aliphatic carbocycles. The van der Waals surface area contributed by atoms with Crippen LogP contribution in [0.25, 0.3) is 0 Å². The Hall–Kier alpha value is -1.75. The lowest BCUT2D eigenvalue weighted by atomic mass is 10.1. The van der Waals surface area contributed by atoms with Gasteiger partial charge >= 0.3 is 5.97 Å². The van der Waals surface area contributed by atoms with E-state index in [2.05, 4.69) is 5.32 Å². The number of ether oxygens (including phenoxy) is 2. The zero-order valence-corrected chi connectivity index (χ0v) is 11.0. The van der Waals surface area contributed by atoms with Gasteiger partial charge in [-0.15, -0.1) is 0 Å². The SMILES string of the molecule is COc1c(CC(=O)O)cccc1OC1CCCNC1. The van der Waals surface area contributed by atoms with Gasteiger partial charge < -0.3 is 19.9 Å². The topological polar surface area (TPSA) is 67.8 Å². The van der Waals surface area contributed by atoms with Gasteiger partial charge in [0.25, 0.3) is 0 Å². The Labute approximate surface area is 112 Å². The van der Waals surface area contributed by atoms with Crippen molar-refractivity contribution in [2.24, 2.45) is 0 Å². The molecule has 0 bridgehead atoms. The molecule has 5 heteroatoms. The summed E-state index contributed by atoms with van der Waals surface area (Å²) in [5.74, 6) is 0.264. The Balaban J connectivity index is 2.16. The van der Waals surface area contributed by atoms with Crippen LogP contribution < -0.4 is 14.8 Å². The average molecular weight is 265 g/mol. The third-order valence-corrected chi connectivity index (χ3v) is 3.15. The predicted octanol–water partition coefficient (Wildman–Crippen LogP) is 1.45. The summed E-state index contributed by atoms with van der Waals surface area (Å²) in [6.07, 6.45) is 2.13. The summed E-state index contributed by atoms with van der Waals surface area (Å²) >= 11 is 0. The van der Waals surface area contributed by atoms with Crippen LogP contribution in [0.2, 0.25) is 0 Å². The summed E-state index contributed by atoms with van der Waals surface area (Å²) in [5, 5.41) is 12.2. The summed E-state index contributed by atoms with van der Waals surface area (Å²) in [6.45, 7) is 1.84. The molecule has 2 N–H and O–H groups in total. The molecule has 1 unspecified atom stereocenters. The molecule has 1 aromatic rings. The van der Waals surface area contributed by atoms with Crippen LogP contribution in [0.5, 0.6) is 11.5 Å². The average Bonchev–Trinajstić information content (AvgIpc) is 2.39. The highest BCUT2D eigenvalue weighted by molar-refractivity contribution is 5.72. The van der Waals surface area contributed by atoms with E-state index in [1.807, 2.05) is 6.07 Å². The van der Waals surface area contributed by atoms with Gasteiger partial charge in [0.05, 0.1) is 13.5 Å². The number of carboxylic acid groups (broad SMARTS) is 1. The lowest BCUT2D eigenvalue weighted by Gasteiger charge is -2.25. The van der Waals surface area contributed by atoms with Crippen LogP contribution in [0.1, 0.15) is 18.4 Å². The van der Waals surface area contributed by atoms with Crippen molar-refractivity contribution in [1.82, 2.24) is 5.32 Å². The first-order valence-electron chi connectivity index (χ1n) is 6.45. The molecular weight excluding hydrogens is 246 g/mol. The Morgan fingerprint density at radius 3 is 3.00 bits per heavy atom. The van der Waals surface area contributed by atoms with Crippen molar-refractivity contribution in [1.29, 1.82) is 0 Å². The van der Waals surface area contributed by atoms with Gasteiger partial charge in [-0.25, -0.2) is 0 Å². The van der Waals surface area contributed by atoms with Crippen LogP contribution in [0.4, 0.5) is 0 Å². The fourth-order valence-electron chi connectivity index (χ4n) is 2.29. The Bertz CT molecular complexity index is 441. The molecule has 0 saturated carbocycles. The molecule has 1 saturated heterocycles. The van der Waals surface area contributed by atoms with Crippen LogP contribution in [0.15, 0.2) is 18.2 Å². The summed E-state index contributed by atoms with van der Waals surface area (Å²) in [4.78, 5) is 10.8. The number of para-hydroxylation sites is 1. The van der Waals surface area contributed by atoms with E-state index in [1.54, 1.807) is 12.1 Å². The van der Waals surface area contributed by atoms with Gasteiger partial charge in [-0.05, 0) is 25.5 Å². The smallest absolute Gasteiger partial charge is 0.307 e. The molecule has 104 valence electrons. The number of benzene rings is 1. The molecule has 1 aliphatic heterocycles. The van der Waals surface area contributed by atoms with Gasteiger partial charge in [-0.1, -0.05) is 12.1 Å². The molecule has 1 aromatic carbocycles. The molecule has 1 aliphatic rings. The Morgan fingerprint density at radius 2 is 2.37 bits per heavy atom. The zero-order valence-electron chi connectivity index (χ0n) is 11.0. The number of aliphatic carboxylic acids is 1. The van der Waals surface area contributed by atoms with E-state index < -0.39 is 5.97 Å². The van der Waals surface area contributed by atoms with Gasteiger partial charge in [0, 0.05) is 12.1 Å². The lowest BCUT2D eigenvalue weighted by molar-refractivity contribution is -0.136. The number of hydrogen-bond acceptors (Lipinski definition) is 4. The van der Waals surface area contributed by atoms with Crippen LogP contribution in [0.3, 0.4) is 0 Å². The summed E-state index contributed by atoms with van der Waals surface area (Å²) in [6, 6.07) is 5.37. The van der Waals surface area contributed by atoms with E-state index in [-0.39, 0.29) is 12.5 Å². The minimum atomic E-state index is -0.880. The molecular formula is C14H19NO4. The highest BCUT2D eigenvalue weighted by Crippen LogP contribution is 2.32. The predicted molar refractivity (Wildman–Crippen MR) is 70.9 cm³/mol. The molecule has 1 atom stereocenters. The highest BCUT2D eigenvalue weighted by atomic mass is 16.5. The monoisotopic (exact) mass is 265 g/mol. The summed E-state index contributed by atoms with van der Waals surface area (Å²) < 4.78 is 11.2. The van der Waals surface area contributed by atoms with Crippen molar-refractivity contribution in [3.63, 3.8) is 0 Å². The molecule has 2 rings (SSSR count). The molecule has 0 aromatic heterocycles. The maximum Gasteiger partial charge on any atom is 0.307 e. The van der Waals surface area contributed by atoms with E-state index in [0.717, 1.165) is 25.9 Å². The van der Waals surface area contributed by atoms with Gasteiger partial charge in [0.2, 0.25) is 0 Å². The van der Waals surface area contributed by atoms with Crippen molar-refractivity contribution in [3.8, 4) is 11.5 Å². The van der Waals surface area contributed by atoms with E-state index in [0.29, 0.717) is 17.1 Å². The van der Waals surface area contributed by atoms with E-state index >= 15 is 0 Å². The van der Waals surface area contributed by atoms with Crippen molar-refractivity contribution >= 4 is 5.97 Å². The number of carbonyl (C=O) groups is 1. The fraction of sp³-hybridized carbons (Fsp3) is 0.500. The van der Waals surface area contributed by atoms with E-state index in [9.17, 15) is 4.79 Å². The third-order valence-electron chi connectivity index (χ3n) is 3.15. The second kappa shape index (κ2) is 6.43. The minimum Gasteiger partial charge on any atom is -0.493 e. The molecule has 0 amide bonds. The number of methoxy groups -OCH3 is 1. The van der Waals surface area contributed by atoms with Gasteiger partial charge in [0.15, 0.2) is 11.5 Å². The van der Waals surface area contributed by atoms with E-state index in [1.165, 1.54) is 7.11 Å². The molecule has 0 radical (unpaired) electrons. The van der Waals surface area contributed by atoms with Crippen molar-refractivity contribution < 1.29 is 19.4 Å². The lowest BCUT2D eigenvalue weighted by Crippen LogP contribution is -2.37. The van der Waals surface area contributed by atoms with Crippen LogP contribution >= 0.6 is 0 Å². The fourth-order valence-corrected chi connectivity index (χ4v) is 2.29. The quantitative estimate of drug-likeness (QED) is 0.843. The van der Waals surface area contributed by atoms with Crippen molar-refractivity contribution in [3.05, 3.63) is 23.8 Å². The molecule has 0 spiro atoms. The maximum absolute atomic E-state index is 10.8. The summed E-state index contributed by atoms with van der Waals surface area (Å²) in [7, 11) is 1.53. The first kappa shape index (κ1) is 13.7. The second-order valence-electron chi connectivity index (χ2n) is 4.61. The molecule has 1 fully saturated rings. The van der Waals surface area contributed by atoms with E-state index in [4.69, 9.17) is 14.6 Å². The first-order chi connectivity index (χ1) is 9.20. The molecule has 1 heterocycles. The summed E-state index contributed by atoms with van der Waals surface area (Å²) in [5.41, 5.74) is 0.635. The first-order valence-corrected chi connectivity index (χ1v) is 6.45. The van der Waals surface area contributed by atoms with Crippen LogP contribution in [-0.2, 0) is 11.2 Å². The van der Waals surface area contributed by atoms with Gasteiger partial charge in [-0.3, -0.25) is 4.79 Å². The highest BCUT2D eigenvalue weighted by Gasteiger charge is 2.18. The van der Waals surface area contributed by atoms with Crippen molar-refractivity contribution in [2.75, 3.05) is 20.2 Å². The number of hydrogen-bond donors (Lipinski definition) is 2. The molecule has 5 nitrogen and oxygen atoms in total. The second-order valence-corrected chi connectivity index (χ2v) is 4.61. The number of carboxylic acids is 1. The Morgan fingerprint density at radius 1 is 1.53 bits per heavy atom. The van der Waals surface area contributed by atoms with Gasteiger partial charge in [0.1, 0.15) is 6.10 Å². The Kier molecular flexibility index (Phi) is 4.63. The third kappa shape index (κ3) is 3.61. The largest absolute Gasteiger partial charge is 0.493 e. The minimum absolute atomic E-state index is 0.0662. The number of rotatable bonds is 5. The number of piperidine rings is 1. The number of nitrogens with one attached hydrogen (secondary N) is 1. The van der Waals surface area contributed by atoms with Crippen LogP contribution in [0, 0.1) is 0 Å². The van der Waals surface area contributed by atoms with Gasteiger partial charge in [-0.2, -0.15) is 0 Å². The molecule has 19 heavy (non-hydrogen) atoms. The van der Waals surface area contributed by atoms with Crippen molar-refractivity contribution in [2.45, 2.75) is 25.4 Å². The standard InChI is InChI=1S/C14H19NO4/c1-18-14-10(8-13(16)17)4-2-6-12(14)19-11-5-3-7-15-9-11/h2,4,6,11,15H,3,5,7-9H2,1H3,(H,16,17). The normalized spacial score (nSPS) is 18.9. The zero-order chi connectivity index (χ0) is 13.7. The maximum atomic E-state index is 10.8.